The minimum Gasteiger partial charge on any atom is -0.494 e. The van der Waals surface area contributed by atoms with Crippen LogP contribution in [-0.2, 0) is 6.54 Å². The summed E-state index contributed by atoms with van der Waals surface area (Å²) >= 11 is 0. The van der Waals surface area contributed by atoms with Crippen molar-refractivity contribution in [3.05, 3.63) is 59.9 Å². The molecule has 1 amide bonds. The highest BCUT2D eigenvalue weighted by Crippen LogP contribution is 2.13. The molecular formula is C16H18N2O2. The quantitative estimate of drug-likeness (QED) is 0.878. The van der Waals surface area contributed by atoms with E-state index in [0.29, 0.717) is 18.7 Å². The zero-order valence-corrected chi connectivity index (χ0v) is 11.5. The van der Waals surface area contributed by atoms with Gasteiger partial charge < -0.3 is 10.1 Å². The highest BCUT2D eigenvalue weighted by atomic mass is 16.5. The topological polar surface area (TPSA) is 51.2 Å². The van der Waals surface area contributed by atoms with E-state index in [4.69, 9.17) is 4.74 Å². The van der Waals surface area contributed by atoms with Gasteiger partial charge in [0.15, 0.2) is 0 Å². The Kier molecular flexibility index (Phi) is 5.12. The molecule has 2 rings (SSSR count). The summed E-state index contributed by atoms with van der Waals surface area (Å²) in [6, 6.07) is 11.0. The molecule has 2 aromatic rings. The molecule has 20 heavy (non-hydrogen) atoms. The highest BCUT2D eigenvalue weighted by Gasteiger charge is 2.06. The SMILES string of the molecule is CCCOc1cccc(C(=O)NCc2ccncc2)c1. The van der Waals surface area contributed by atoms with Gasteiger partial charge in [0.2, 0.25) is 0 Å². The van der Waals surface area contributed by atoms with Crippen molar-refractivity contribution in [1.29, 1.82) is 0 Å². The molecule has 0 saturated heterocycles. The zero-order chi connectivity index (χ0) is 14.2. The lowest BCUT2D eigenvalue weighted by atomic mass is 10.2. The second-order valence-corrected chi connectivity index (χ2v) is 4.41. The molecule has 1 N–H and O–H groups in total. The number of rotatable bonds is 6. The summed E-state index contributed by atoms with van der Waals surface area (Å²) in [7, 11) is 0. The third-order valence-corrected chi connectivity index (χ3v) is 2.77. The number of benzene rings is 1. The number of carbonyl (C=O) groups excluding carboxylic acids is 1. The lowest BCUT2D eigenvalue weighted by Crippen LogP contribution is -2.22. The molecule has 1 aromatic heterocycles. The molecule has 0 atom stereocenters. The van der Waals surface area contributed by atoms with E-state index >= 15 is 0 Å². The van der Waals surface area contributed by atoms with Crippen molar-refractivity contribution in [3.63, 3.8) is 0 Å². The molecule has 0 aliphatic heterocycles. The van der Waals surface area contributed by atoms with Crippen LogP contribution in [0, 0.1) is 0 Å². The van der Waals surface area contributed by atoms with Crippen LogP contribution in [0.4, 0.5) is 0 Å². The van der Waals surface area contributed by atoms with Crippen molar-refractivity contribution in [2.24, 2.45) is 0 Å². The fourth-order valence-corrected chi connectivity index (χ4v) is 1.73. The van der Waals surface area contributed by atoms with E-state index < -0.39 is 0 Å². The fraction of sp³-hybridized carbons (Fsp3) is 0.250. The van der Waals surface area contributed by atoms with Gasteiger partial charge in [0, 0.05) is 24.5 Å². The number of pyridine rings is 1. The van der Waals surface area contributed by atoms with Crippen molar-refractivity contribution >= 4 is 5.91 Å². The summed E-state index contributed by atoms with van der Waals surface area (Å²) in [5, 5.41) is 2.88. The second-order valence-electron chi connectivity index (χ2n) is 4.41. The van der Waals surface area contributed by atoms with Crippen molar-refractivity contribution in [2.75, 3.05) is 6.61 Å². The van der Waals surface area contributed by atoms with Crippen LogP contribution >= 0.6 is 0 Å². The van der Waals surface area contributed by atoms with Crippen molar-refractivity contribution in [1.82, 2.24) is 10.3 Å². The van der Waals surface area contributed by atoms with Crippen molar-refractivity contribution in [2.45, 2.75) is 19.9 Å². The molecule has 0 spiro atoms. The Morgan fingerprint density at radius 3 is 2.80 bits per heavy atom. The van der Waals surface area contributed by atoms with Crippen LogP contribution in [0.1, 0.15) is 29.3 Å². The summed E-state index contributed by atoms with van der Waals surface area (Å²) in [5.74, 6) is 0.618. The minimum atomic E-state index is -0.108. The number of nitrogens with zero attached hydrogens (tertiary/aromatic N) is 1. The first-order valence-corrected chi connectivity index (χ1v) is 6.69. The maximum Gasteiger partial charge on any atom is 0.251 e. The van der Waals surface area contributed by atoms with Crippen molar-refractivity contribution < 1.29 is 9.53 Å². The third kappa shape index (κ3) is 4.09. The monoisotopic (exact) mass is 270 g/mol. The highest BCUT2D eigenvalue weighted by molar-refractivity contribution is 5.94. The van der Waals surface area contributed by atoms with E-state index in [9.17, 15) is 4.79 Å². The van der Waals surface area contributed by atoms with Gasteiger partial charge in [-0.25, -0.2) is 0 Å². The van der Waals surface area contributed by atoms with Gasteiger partial charge in [0.1, 0.15) is 5.75 Å². The molecule has 0 aliphatic carbocycles. The fourth-order valence-electron chi connectivity index (χ4n) is 1.73. The normalized spacial score (nSPS) is 10.1. The van der Waals surface area contributed by atoms with E-state index in [1.165, 1.54) is 0 Å². The Balaban J connectivity index is 1.95. The van der Waals surface area contributed by atoms with E-state index in [2.05, 4.69) is 10.3 Å². The van der Waals surface area contributed by atoms with Crippen LogP contribution in [-0.4, -0.2) is 17.5 Å². The Bertz CT molecular complexity index is 555. The van der Waals surface area contributed by atoms with Crippen molar-refractivity contribution in [3.8, 4) is 5.75 Å². The molecule has 0 saturated carbocycles. The van der Waals surface area contributed by atoms with Crippen LogP contribution in [0.3, 0.4) is 0 Å². The average Bonchev–Trinajstić information content (AvgIpc) is 2.52. The Labute approximate surface area is 118 Å². The Morgan fingerprint density at radius 1 is 1.25 bits per heavy atom. The summed E-state index contributed by atoms with van der Waals surface area (Å²) in [4.78, 5) is 16.0. The van der Waals surface area contributed by atoms with Gasteiger partial charge in [0.25, 0.3) is 5.91 Å². The molecule has 1 heterocycles. The van der Waals surface area contributed by atoms with Gasteiger partial charge in [-0.1, -0.05) is 13.0 Å². The zero-order valence-electron chi connectivity index (χ0n) is 11.5. The maximum atomic E-state index is 12.1. The molecule has 0 bridgehead atoms. The molecule has 0 radical (unpaired) electrons. The van der Waals surface area contributed by atoms with Gasteiger partial charge in [-0.2, -0.15) is 0 Å². The summed E-state index contributed by atoms with van der Waals surface area (Å²) in [5.41, 5.74) is 1.62. The third-order valence-electron chi connectivity index (χ3n) is 2.77. The number of carbonyl (C=O) groups is 1. The van der Waals surface area contributed by atoms with Crippen LogP contribution in [0.25, 0.3) is 0 Å². The first-order chi connectivity index (χ1) is 9.79. The van der Waals surface area contributed by atoms with E-state index in [-0.39, 0.29) is 5.91 Å². The van der Waals surface area contributed by atoms with Gasteiger partial charge >= 0.3 is 0 Å². The first-order valence-electron chi connectivity index (χ1n) is 6.69. The average molecular weight is 270 g/mol. The maximum absolute atomic E-state index is 12.1. The van der Waals surface area contributed by atoms with E-state index in [1.807, 2.05) is 31.2 Å². The van der Waals surface area contributed by atoms with Gasteiger partial charge in [-0.15, -0.1) is 0 Å². The number of hydrogen-bond acceptors (Lipinski definition) is 3. The number of aromatic nitrogens is 1. The van der Waals surface area contributed by atoms with Gasteiger partial charge in [-0.3, -0.25) is 9.78 Å². The first kappa shape index (κ1) is 14.1. The Hall–Kier alpha value is -2.36. The predicted octanol–water partition coefficient (Wildman–Crippen LogP) is 2.80. The standard InChI is InChI=1S/C16H18N2O2/c1-2-10-20-15-5-3-4-14(11-15)16(19)18-12-13-6-8-17-9-7-13/h3-9,11H,2,10,12H2,1H3,(H,18,19). The van der Waals surface area contributed by atoms with E-state index in [0.717, 1.165) is 17.7 Å². The molecule has 4 heteroatoms. The number of nitrogens with one attached hydrogen (secondary N) is 1. The van der Waals surface area contributed by atoms with E-state index in [1.54, 1.807) is 24.5 Å². The number of amides is 1. The molecule has 0 aliphatic rings. The van der Waals surface area contributed by atoms with Gasteiger partial charge in [-0.05, 0) is 42.3 Å². The molecule has 104 valence electrons. The summed E-state index contributed by atoms with van der Waals surface area (Å²) in [6.45, 7) is 3.19. The van der Waals surface area contributed by atoms with Crippen LogP contribution in [0.5, 0.6) is 5.75 Å². The largest absolute Gasteiger partial charge is 0.494 e. The predicted molar refractivity (Wildman–Crippen MR) is 77.6 cm³/mol. The molecule has 1 aromatic carbocycles. The van der Waals surface area contributed by atoms with Crippen LogP contribution in [0.2, 0.25) is 0 Å². The molecule has 0 fully saturated rings. The molecular weight excluding hydrogens is 252 g/mol. The molecule has 0 unspecified atom stereocenters. The second kappa shape index (κ2) is 7.28. The Morgan fingerprint density at radius 2 is 2.05 bits per heavy atom. The lowest BCUT2D eigenvalue weighted by Gasteiger charge is -2.08. The van der Waals surface area contributed by atoms with Crippen LogP contribution < -0.4 is 10.1 Å². The lowest BCUT2D eigenvalue weighted by molar-refractivity contribution is 0.0950. The smallest absolute Gasteiger partial charge is 0.251 e. The number of ether oxygens (including phenoxy) is 1. The minimum absolute atomic E-state index is 0.108. The van der Waals surface area contributed by atoms with Crippen LogP contribution in [0.15, 0.2) is 48.8 Å². The van der Waals surface area contributed by atoms with Gasteiger partial charge in [0.05, 0.1) is 6.61 Å². The molecule has 4 nitrogen and oxygen atoms in total. The summed E-state index contributed by atoms with van der Waals surface area (Å²) < 4.78 is 5.52. The summed E-state index contributed by atoms with van der Waals surface area (Å²) in [6.07, 6.45) is 4.36. The number of hydrogen-bond donors (Lipinski definition) is 1.